The maximum atomic E-state index is 9.07. The molecule has 0 aliphatic heterocycles. The molecule has 3 heteroatoms. The quantitative estimate of drug-likeness (QED) is 0.894. The summed E-state index contributed by atoms with van der Waals surface area (Å²) in [5.41, 5.74) is 2.14. The zero-order chi connectivity index (χ0) is 12.1. The average molecular weight is 286 g/mol. The molecule has 1 N–H and O–H groups in total. The Hall–Kier alpha value is -0.540. The molecule has 1 aromatic carbocycles. The first-order valence-corrected chi connectivity index (χ1v) is 6.55. The lowest BCUT2D eigenvalue weighted by Crippen LogP contribution is -2.31. The highest BCUT2D eigenvalue weighted by atomic mass is 79.9. The summed E-state index contributed by atoms with van der Waals surface area (Å²) in [6.07, 6.45) is 1.13. The topological polar surface area (TPSA) is 23.5 Å². The van der Waals surface area contributed by atoms with Crippen LogP contribution in [0.15, 0.2) is 22.7 Å². The molecule has 0 atom stereocenters. The van der Waals surface area contributed by atoms with Crippen LogP contribution in [0, 0.1) is 0 Å². The van der Waals surface area contributed by atoms with Crippen LogP contribution in [0.5, 0.6) is 0 Å². The second-order valence-electron chi connectivity index (χ2n) is 4.23. The molecular formula is C13H20BrNO. The van der Waals surface area contributed by atoms with E-state index < -0.39 is 0 Å². The van der Waals surface area contributed by atoms with E-state index in [4.69, 9.17) is 5.11 Å². The molecule has 1 rings (SSSR count). The van der Waals surface area contributed by atoms with Gasteiger partial charge in [0.25, 0.3) is 0 Å². The minimum Gasteiger partial charge on any atom is -0.392 e. The normalized spacial score (nSPS) is 10.9. The molecule has 0 heterocycles. The number of benzene rings is 1. The van der Waals surface area contributed by atoms with Crippen molar-refractivity contribution in [3.8, 4) is 0 Å². The van der Waals surface area contributed by atoms with Crippen molar-refractivity contribution in [1.29, 1.82) is 0 Å². The number of aliphatic hydroxyl groups excluding tert-OH is 1. The summed E-state index contributed by atoms with van der Waals surface area (Å²) in [7, 11) is 0. The van der Waals surface area contributed by atoms with Crippen molar-refractivity contribution >= 4 is 21.6 Å². The van der Waals surface area contributed by atoms with E-state index in [0.29, 0.717) is 6.04 Å². The van der Waals surface area contributed by atoms with Crippen molar-refractivity contribution in [3.05, 3.63) is 28.2 Å². The maximum absolute atomic E-state index is 9.07. The Morgan fingerprint density at radius 3 is 2.50 bits per heavy atom. The highest BCUT2D eigenvalue weighted by Crippen LogP contribution is 2.29. The molecule has 0 amide bonds. The van der Waals surface area contributed by atoms with Gasteiger partial charge in [0.2, 0.25) is 0 Å². The first-order valence-electron chi connectivity index (χ1n) is 5.76. The van der Waals surface area contributed by atoms with Crippen molar-refractivity contribution in [2.24, 2.45) is 0 Å². The average Bonchev–Trinajstić information content (AvgIpc) is 2.26. The Balaban J connectivity index is 3.00. The molecule has 0 aliphatic carbocycles. The molecule has 0 aliphatic rings. The zero-order valence-electron chi connectivity index (χ0n) is 10.2. The van der Waals surface area contributed by atoms with Gasteiger partial charge < -0.3 is 10.0 Å². The van der Waals surface area contributed by atoms with E-state index in [9.17, 15) is 0 Å². The van der Waals surface area contributed by atoms with E-state index in [1.165, 1.54) is 5.69 Å². The summed E-state index contributed by atoms with van der Waals surface area (Å²) < 4.78 is 1.06. The molecule has 0 unspecified atom stereocenters. The van der Waals surface area contributed by atoms with Crippen molar-refractivity contribution in [3.63, 3.8) is 0 Å². The van der Waals surface area contributed by atoms with E-state index in [-0.39, 0.29) is 6.61 Å². The fraction of sp³-hybridized carbons (Fsp3) is 0.538. The highest BCUT2D eigenvalue weighted by molar-refractivity contribution is 9.10. The van der Waals surface area contributed by atoms with Crippen LogP contribution < -0.4 is 4.90 Å². The minimum absolute atomic E-state index is 0.0916. The van der Waals surface area contributed by atoms with Crippen LogP contribution in [-0.2, 0) is 6.61 Å². The van der Waals surface area contributed by atoms with Gasteiger partial charge in [0, 0.05) is 17.1 Å². The van der Waals surface area contributed by atoms with Gasteiger partial charge in [-0.15, -0.1) is 0 Å². The van der Waals surface area contributed by atoms with Crippen LogP contribution in [0.1, 0.15) is 32.8 Å². The number of anilines is 1. The molecule has 0 spiro atoms. The van der Waals surface area contributed by atoms with Crippen LogP contribution in [0.25, 0.3) is 0 Å². The van der Waals surface area contributed by atoms with Crippen LogP contribution in [0.4, 0.5) is 5.69 Å². The fourth-order valence-corrected chi connectivity index (χ4v) is 2.43. The van der Waals surface area contributed by atoms with Gasteiger partial charge in [-0.2, -0.15) is 0 Å². The zero-order valence-corrected chi connectivity index (χ0v) is 11.8. The maximum Gasteiger partial charge on any atom is 0.0682 e. The van der Waals surface area contributed by atoms with Crippen LogP contribution in [0.3, 0.4) is 0 Å². The van der Waals surface area contributed by atoms with Gasteiger partial charge in [-0.05, 0) is 53.9 Å². The number of halogens is 1. The Morgan fingerprint density at radius 2 is 2.06 bits per heavy atom. The molecule has 0 saturated heterocycles. The van der Waals surface area contributed by atoms with Crippen LogP contribution >= 0.6 is 15.9 Å². The predicted octanol–water partition coefficient (Wildman–Crippen LogP) is 3.57. The summed E-state index contributed by atoms with van der Waals surface area (Å²) in [4.78, 5) is 2.37. The smallest absolute Gasteiger partial charge is 0.0682 e. The molecule has 0 fully saturated rings. The van der Waals surface area contributed by atoms with Gasteiger partial charge >= 0.3 is 0 Å². The summed E-state index contributed by atoms with van der Waals surface area (Å²) in [5.74, 6) is 0. The fourth-order valence-electron chi connectivity index (χ4n) is 1.78. The molecule has 2 nitrogen and oxygen atoms in total. The van der Waals surface area contributed by atoms with Gasteiger partial charge in [0.1, 0.15) is 0 Å². The summed E-state index contributed by atoms with van der Waals surface area (Å²) in [5, 5.41) is 9.07. The van der Waals surface area contributed by atoms with Gasteiger partial charge in [0.15, 0.2) is 0 Å². The van der Waals surface area contributed by atoms with E-state index >= 15 is 0 Å². The molecule has 1 aromatic rings. The lowest BCUT2D eigenvalue weighted by molar-refractivity contribution is 0.282. The highest BCUT2D eigenvalue weighted by Gasteiger charge is 2.12. The number of hydrogen-bond donors (Lipinski definition) is 1. The largest absolute Gasteiger partial charge is 0.392 e. The van der Waals surface area contributed by atoms with Crippen molar-refractivity contribution in [2.45, 2.75) is 39.8 Å². The first kappa shape index (κ1) is 13.5. The molecule has 0 bridgehead atoms. The number of aliphatic hydroxyl groups is 1. The van der Waals surface area contributed by atoms with E-state index in [0.717, 1.165) is 23.0 Å². The standard InChI is InChI=1S/C13H20BrNO/c1-4-7-15(10(2)3)13-6-5-11(9-16)8-12(13)14/h5-6,8,10,16H,4,7,9H2,1-3H3. The Morgan fingerprint density at radius 1 is 1.38 bits per heavy atom. The van der Waals surface area contributed by atoms with Crippen LogP contribution in [-0.4, -0.2) is 17.7 Å². The summed E-state index contributed by atoms with van der Waals surface area (Å²) in [6, 6.07) is 6.52. The molecule has 0 saturated carbocycles. The SMILES string of the molecule is CCCN(c1ccc(CO)cc1Br)C(C)C. The minimum atomic E-state index is 0.0916. The molecule has 0 radical (unpaired) electrons. The Labute approximate surface area is 106 Å². The Kier molecular flexibility index (Phi) is 5.29. The van der Waals surface area contributed by atoms with Crippen molar-refractivity contribution < 1.29 is 5.11 Å². The predicted molar refractivity (Wildman–Crippen MR) is 72.8 cm³/mol. The lowest BCUT2D eigenvalue weighted by Gasteiger charge is -2.29. The lowest BCUT2D eigenvalue weighted by atomic mass is 10.1. The van der Waals surface area contributed by atoms with E-state index in [1.54, 1.807) is 0 Å². The van der Waals surface area contributed by atoms with Gasteiger partial charge in [-0.1, -0.05) is 13.0 Å². The monoisotopic (exact) mass is 285 g/mol. The molecule has 0 aromatic heterocycles. The van der Waals surface area contributed by atoms with Gasteiger partial charge in [0.05, 0.1) is 12.3 Å². The molecule has 16 heavy (non-hydrogen) atoms. The first-order chi connectivity index (χ1) is 7.60. The molecular weight excluding hydrogens is 266 g/mol. The third kappa shape index (κ3) is 3.22. The van der Waals surface area contributed by atoms with E-state index in [1.807, 2.05) is 12.1 Å². The van der Waals surface area contributed by atoms with Gasteiger partial charge in [-0.25, -0.2) is 0 Å². The second-order valence-corrected chi connectivity index (χ2v) is 5.09. The van der Waals surface area contributed by atoms with Gasteiger partial charge in [-0.3, -0.25) is 0 Å². The third-order valence-electron chi connectivity index (χ3n) is 2.59. The van der Waals surface area contributed by atoms with Crippen LogP contribution in [0.2, 0.25) is 0 Å². The van der Waals surface area contributed by atoms with E-state index in [2.05, 4.69) is 47.7 Å². The number of hydrogen-bond acceptors (Lipinski definition) is 2. The van der Waals surface area contributed by atoms with Crippen molar-refractivity contribution in [1.82, 2.24) is 0 Å². The van der Waals surface area contributed by atoms with Crippen molar-refractivity contribution in [2.75, 3.05) is 11.4 Å². The summed E-state index contributed by atoms with van der Waals surface area (Å²) >= 11 is 3.57. The summed E-state index contributed by atoms with van der Waals surface area (Å²) in [6.45, 7) is 7.72. The Bertz CT molecular complexity index is 339. The number of rotatable bonds is 5. The number of nitrogens with zero attached hydrogens (tertiary/aromatic N) is 1. The third-order valence-corrected chi connectivity index (χ3v) is 3.23. The molecule has 90 valence electrons. The second kappa shape index (κ2) is 6.26.